The molecule has 0 aliphatic carbocycles. The van der Waals surface area contributed by atoms with Crippen LogP contribution in [0.1, 0.15) is 23.6 Å². The van der Waals surface area contributed by atoms with Crippen LogP contribution in [0.25, 0.3) is 0 Å². The molecule has 0 heterocycles. The molecule has 0 spiro atoms. The lowest BCUT2D eigenvalue weighted by Crippen LogP contribution is -2.36. The van der Waals surface area contributed by atoms with E-state index in [9.17, 15) is 8.78 Å². The molecule has 25 heavy (non-hydrogen) atoms. The Balaban J connectivity index is 2.01. The first-order valence-corrected chi connectivity index (χ1v) is 8.15. The summed E-state index contributed by atoms with van der Waals surface area (Å²) < 4.78 is 31.6. The van der Waals surface area contributed by atoms with Crippen LogP contribution in [0.2, 0.25) is 0 Å². The number of rotatable bonds is 7. The molecule has 0 aromatic heterocycles. The molecular formula is C19H23F2N3O. The van der Waals surface area contributed by atoms with Crippen molar-refractivity contribution in [3.8, 4) is 0 Å². The van der Waals surface area contributed by atoms with Gasteiger partial charge in [-0.15, -0.1) is 0 Å². The zero-order valence-corrected chi connectivity index (χ0v) is 14.5. The number of hydrogen-bond acceptors (Lipinski definition) is 2. The average molecular weight is 347 g/mol. The number of benzene rings is 2. The molecule has 0 aliphatic rings. The van der Waals surface area contributed by atoms with E-state index in [1.165, 1.54) is 25.3 Å². The quantitative estimate of drug-likeness (QED) is 0.596. The molecule has 134 valence electrons. The lowest BCUT2D eigenvalue weighted by molar-refractivity contribution is 0.181. The number of nitrogens with zero attached hydrogens (tertiary/aromatic N) is 1. The molecule has 2 aromatic carbocycles. The van der Waals surface area contributed by atoms with Crippen molar-refractivity contribution in [1.29, 1.82) is 0 Å². The highest BCUT2D eigenvalue weighted by Crippen LogP contribution is 2.12. The third-order valence-electron chi connectivity index (χ3n) is 3.55. The van der Waals surface area contributed by atoms with Crippen molar-refractivity contribution in [3.05, 3.63) is 70.8 Å². The van der Waals surface area contributed by atoms with Gasteiger partial charge in [-0.25, -0.2) is 13.8 Å². The van der Waals surface area contributed by atoms with Crippen LogP contribution in [0.4, 0.5) is 8.78 Å². The van der Waals surface area contributed by atoms with E-state index < -0.39 is 0 Å². The Labute approximate surface area is 146 Å². The summed E-state index contributed by atoms with van der Waals surface area (Å²) in [5.41, 5.74) is 2.36. The minimum atomic E-state index is -0.282. The van der Waals surface area contributed by atoms with Crippen molar-refractivity contribution in [3.63, 3.8) is 0 Å². The fourth-order valence-electron chi connectivity index (χ4n) is 2.29. The third-order valence-corrected chi connectivity index (χ3v) is 3.55. The number of halogens is 2. The van der Waals surface area contributed by atoms with Crippen molar-refractivity contribution in [2.45, 2.75) is 26.6 Å². The SMILES string of the molecule is CCNC(=NCc1ccc(F)c(COC)c1)NCc1ccc(F)cc1. The number of nitrogens with one attached hydrogen (secondary N) is 2. The monoisotopic (exact) mass is 347 g/mol. The Hall–Kier alpha value is -2.47. The van der Waals surface area contributed by atoms with Crippen molar-refractivity contribution in [2.75, 3.05) is 13.7 Å². The van der Waals surface area contributed by atoms with Crippen LogP contribution in [0.3, 0.4) is 0 Å². The summed E-state index contributed by atoms with van der Waals surface area (Å²) in [5, 5.41) is 6.35. The molecule has 0 amide bonds. The van der Waals surface area contributed by atoms with E-state index in [1.807, 2.05) is 6.92 Å². The fourth-order valence-corrected chi connectivity index (χ4v) is 2.29. The van der Waals surface area contributed by atoms with Crippen LogP contribution >= 0.6 is 0 Å². The van der Waals surface area contributed by atoms with Crippen LogP contribution < -0.4 is 10.6 Å². The second-order valence-corrected chi connectivity index (χ2v) is 5.53. The van der Waals surface area contributed by atoms with Crippen LogP contribution in [0.15, 0.2) is 47.5 Å². The van der Waals surface area contributed by atoms with E-state index in [2.05, 4.69) is 15.6 Å². The van der Waals surface area contributed by atoms with E-state index in [0.29, 0.717) is 31.2 Å². The van der Waals surface area contributed by atoms with Crippen LogP contribution in [0.5, 0.6) is 0 Å². The molecule has 2 aromatic rings. The molecule has 0 saturated heterocycles. The molecule has 4 nitrogen and oxygen atoms in total. The van der Waals surface area contributed by atoms with Gasteiger partial charge in [0.1, 0.15) is 11.6 Å². The van der Waals surface area contributed by atoms with Crippen molar-refractivity contribution in [1.82, 2.24) is 10.6 Å². The van der Waals surface area contributed by atoms with Gasteiger partial charge in [0.2, 0.25) is 0 Å². The Kier molecular flexibility index (Phi) is 7.35. The van der Waals surface area contributed by atoms with E-state index in [4.69, 9.17) is 4.74 Å². The zero-order chi connectivity index (χ0) is 18.1. The summed E-state index contributed by atoms with van der Waals surface area (Å²) in [6.45, 7) is 3.86. The van der Waals surface area contributed by atoms with E-state index in [-0.39, 0.29) is 18.2 Å². The summed E-state index contributed by atoms with van der Waals surface area (Å²) in [5.74, 6) is 0.104. The van der Waals surface area contributed by atoms with Gasteiger partial charge in [-0.1, -0.05) is 18.2 Å². The van der Waals surface area contributed by atoms with Crippen molar-refractivity contribution < 1.29 is 13.5 Å². The average Bonchev–Trinajstić information content (AvgIpc) is 2.61. The molecule has 0 fully saturated rings. The van der Waals surface area contributed by atoms with Gasteiger partial charge in [0.15, 0.2) is 5.96 Å². The minimum absolute atomic E-state index is 0.228. The maximum atomic E-state index is 13.6. The third kappa shape index (κ3) is 6.15. The van der Waals surface area contributed by atoms with Gasteiger partial charge in [-0.05, 0) is 42.3 Å². The van der Waals surface area contributed by atoms with Gasteiger partial charge in [-0.2, -0.15) is 0 Å². The highest BCUT2D eigenvalue weighted by molar-refractivity contribution is 5.79. The molecule has 0 unspecified atom stereocenters. The molecule has 0 atom stereocenters. The van der Waals surface area contributed by atoms with Crippen LogP contribution in [-0.4, -0.2) is 19.6 Å². The highest BCUT2D eigenvalue weighted by Gasteiger charge is 2.04. The second-order valence-electron chi connectivity index (χ2n) is 5.53. The van der Waals surface area contributed by atoms with Gasteiger partial charge in [0, 0.05) is 25.8 Å². The topological polar surface area (TPSA) is 45.7 Å². The molecule has 2 N–H and O–H groups in total. The minimum Gasteiger partial charge on any atom is -0.380 e. The van der Waals surface area contributed by atoms with Crippen molar-refractivity contribution in [2.24, 2.45) is 4.99 Å². The largest absolute Gasteiger partial charge is 0.380 e. The van der Waals surface area contributed by atoms with Gasteiger partial charge in [-0.3, -0.25) is 0 Å². The van der Waals surface area contributed by atoms with E-state index in [1.54, 1.807) is 24.3 Å². The van der Waals surface area contributed by atoms with Crippen LogP contribution in [-0.2, 0) is 24.4 Å². The molecule has 0 aliphatic heterocycles. The predicted octanol–water partition coefficient (Wildman–Crippen LogP) is 3.37. The van der Waals surface area contributed by atoms with Crippen molar-refractivity contribution >= 4 is 5.96 Å². The number of methoxy groups -OCH3 is 1. The number of guanidine groups is 1. The maximum absolute atomic E-state index is 13.6. The summed E-state index contributed by atoms with van der Waals surface area (Å²) in [6, 6.07) is 11.2. The van der Waals surface area contributed by atoms with E-state index in [0.717, 1.165) is 11.1 Å². The highest BCUT2D eigenvalue weighted by atomic mass is 19.1. The van der Waals surface area contributed by atoms with Gasteiger partial charge in [0.05, 0.1) is 13.2 Å². The Morgan fingerprint density at radius 3 is 2.44 bits per heavy atom. The molecule has 0 saturated carbocycles. The first-order chi connectivity index (χ1) is 12.1. The first kappa shape index (κ1) is 18.9. The molecular weight excluding hydrogens is 324 g/mol. The van der Waals surface area contributed by atoms with E-state index >= 15 is 0 Å². The number of ether oxygens (including phenoxy) is 1. The van der Waals surface area contributed by atoms with Gasteiger partial charge in [0.25, 0.3) is 0 Å². The molecule has 2 rings (SSSR count). The normalized spacial score (nSPS) is 11.4. The summed E-state index contributed by atoms with van der Waals surface area (Å²) in [6.07, 6.45) is 0. The number of aliphatic imine (C=N–C) groups is 1. The Morgan fingerprint density at radius 2 is 1.76 bits per heavy atom. The molecule has 6 heteroatoms. The second kappa shape index (κ2) is 9.74. The summed E-state index contributed by atoms with van der Waals surface area (Å²) >= 11 is 0. The van der Waals surface area contributed by atoms with Gasteiger partial charge >= 0.3 is 0 Å². The lowest BCUT2D eigenvalue weighted by Gasteiger charge is -2.12. The standard InChI is InChI=1S/C19H23F2N3O/c1-3-22-19(23-11-14-4-7-17(20)8-5-14)24-12-15-6-9-18(21)16(10-15)13-25-2/h4-10H,3,11-13H2,1-2H3,(H2,22,23,24). The summed E-state index contributed by atoms with van der Waals surface area (Å²) in [4.78, 5) is 4.50. The first-order valence-electron chi connectivity index (χ1n) is 8.15. The number of hydrogen-bond donors (Lipinski definition) is 2. The molecule has 0 radical (unpaired) electrons. The van der Waals surface area contributed by atoms with Crippen LogP contribution in [0, 0.1) is 11.6 Å². The van der Waals surface area contributed by atoms with Gasteiger partial charge < -0.3 is 15.4 Å². The summed E-state index contributed by atoms with van der Waals surface area (Å²) in [7, 11) is 1.53. The zero-order valence-electron chi connectivity index (χ0n) is 14.5. The lowest BCUT2D eigenvalue weighted by atomic mass is 10.1. The Bertz CT molecular complexity index is 702. The fraction of sp³-hybridized carbons (Fsp3) is 0.316. The molecule has 0 bridgehead atoms. The smallest absolute Gasteiger partial charge is 0.191 e. The Morgan fingerprint density at radius 1 is 1.04 bits per heavy atom. The maximum Gasteiger partial charge on any atom is 0.191 e. The predicted molar refractivity (Wildman–Crippen MR) is 95.2 cm³/mol.